The Kier molecular flexibility index (Phi) is 3.47. The summed E-state index contributed by atoms with van der Waals surface area (Å²) in [7, 11) is 0. The van der Waals surface area contributed by atoms with Gasteiger partial charge in [-0.05, 0) is 6.92 Å². The van der Waals surface area contributed by atoms with E-state index in [1.807, 2.05) is 11.8 Å². The summed E-state index contributed by atoms with van der Waals surface area (Å²) in [6, 6.07) is 0. The average molecular weight is 255 g/mol. The lowest BCUT2D eigenvalue weighted by Crippen LogP contribution is -2.48. The van der Waals surface area contributed by atoms with Crippen LogP contribution < -0.4 is 4.90 Å². The SMILES string of the molecule is CC(=O)N1CCN(c2ncnc(Cl)c2C)CC1. The summed E-state index contributed by atoms with van der Waals surface area (Å²) in [5.74, 6) is 0.996. The monoisotopic (exact) mass is 254 g/mol. The molecule has 1 fully saturated rings. The molecular formula is C11H15ClN4O. The molecule has 0 saturated carbocycles. The number of halogens is 1. The topological polar surface area (TPSA) is 49.3 Å². The Morgan fingerprint density at radius 2 is 1.94 bits per heavy atom. The van der Waals surface area contributed by atoms with Gasteiger partial charge in [-0.15, -0.1) is 0 Å². The Morgan fingerprint density at radius 1 is 1.29 bits per heavy atom. The molecule has 0 bridgehead atoms. The molecule has 6 heteroatoms. The van der Waals surface area contributed by atoms with E-state index in [9.17, 15) is 4.79 Å². The molecule has 1 aliphatic rings. The molecule has 0 atom stereocenters. The van der Waals surface area contributed by atoms with E-state index in [2.05, 4.69) is 14.9 Å². The second-order valence-electron chi connectivity index (χ2n) is 4.11. The first-order chi connectivity index (χ1) is 8.09. The van der Waals surface area contributed by atoms with Crippen LogP contribution >= 0.6 is 11.6 Å². The van der Waals surface area contributed by atoms with Crippen LogP contribution in [0.3, 0.4) is 0 Å². The van der Waals surface area contributed by atoms with Gasteiger partial charge in [-0.2, -0.15) is 0 Å². The number of carbonyl (C=O) groups excluding carboxylic acids is 1. The maximum absolute atomic E-state index is 11.2. The van der Waals surface area contributed by atoms with Crippen molar-refractivity contribution in [1.82, 2.24) is 14.9 Å². The van der Waals surface area contributed by atoms with Crippen LogP contribution in [0.2, 0.25) is 5.15 Å². The molecule has 17 heavy (non-hydrogen) atoms. The predicted molar refractivity (Wildman–Crippen MR) is 66.2 cm³/mol. The van der Waals surface area contributed by atoms with Gasteiger partial charge in [-0.3, -0.25) is 4.79 Å². The maximum Gasteiger partial charge on any atom is 0.219 e. The summed E-state index contributed by atoms with van der Waals surface area (Å²) in [6.45, 7) is 6.55. The smallest absolute Gasteiger partial charge is 0.219 e. The third kappa shape index (κ3) is 2.49. The minimum Gasteiger partial charge on any atom is -0.353 e. The van der Waals surface area contributed by atoms with Crippen LogP contribution in [0.5, 0.6) is 0 Å². The molecule has 0 N–H and O–H groups in total. The van der Waals surface area contributed by atoms with E-state index < -0.39 is 0 Å². The number of hydrogen-bond donors (Lipinski definition) is 0. The van der Waals surface area contributed by atoms with Crippen molar-refractivity contribution in [1.29, 1.82) is 0 Å². The van der Waals surface area contributed by atoms with Crippen LogP contribution in [0, 0.1) is 6.92 Å². The number of carbonyl (C=O) groups is 1. The van der Waals surface area contributed by atoms with E-state index in [4.69, 9.17) is 11.6 Å². The minimum atomic E-state index is 0.127. The Labute approximate surface area is 105 Å². The van der Waals surface area contributed by atoms with Crippen molar-refractivity contribution in [3.8, 4) is 0 Å². The lowest BCUT2D eigenvalue weighted by Gasteiger charge is -2.35. The van der Waals surface area contributed by atoms with Crippen LogP contribution in [0.15, 0.2) is 6.33 Å². The van der Waals surface area contributed by atoms with Crippen molar-refractivity contribution in [2.45, 2.75) is 13.8 Å². The van der Waals surface area contributed by atoms with Gasteiger partial charge in [0.1, 0.15) is 17.3 Å². The van der Waals surface area contributed by atoms with Crippen molar-refractivity contribution >= 4 is 23.3 Å². The second-order valence-corrected chi connectivity index (χ2v) is 4.46. The Morgan fingerprint density at radius 3 is 2.53 bits per heavy atom. The Hall–Kier alpha value is -1.36. The van der Waals surface area contributed by atoms with Crippen LogP contribution in [0.4, 0.5) is 5.82 Å². The molecule has 0 spiro atoms. The molecular weight excluding hydrogens is 240 g/mol. The fraction of sp³-hybridized carbons (Fsp3) is 0.545. The summed E-state index contributed by atoms with van der Waals surface area (Å²) in [4.78, 5) is 23.4. The van der Waals surface area contributed by atoms with E-state index in [1.165, 1.54) is 6.33 Å². The van der Waals surface area contributed by atoms with Crippen molar-refractivity contribution in [2.24, 2.45) is 0 Å². The normalized spacial score (nSPS) is 16.2. The zero-order valence-electron chi connectivity index (χ0n) is 9.98. The van der Waals surface area contributed by atoms with Crippen molar-refractivity contribution < 1.29 is 4.79 Å². The molecule has 1 saturated heterocycles. The molecule has 1 aromatic heterocycles. The third-order valence-electron chi connectivity index (χ3n) is 3.02. The molecule has 0 aromatic carbocycles. The standard InChI is InChI=1S/C11H15ClN4O/c1-8-10(12)13-7-14-11(8)16-5-3-15(4-6-16)9(2)17/h7H,3-6H2,1-2H3. The highest BCUT2D eigenvalue weighted by Crippen LogP contribution is 2.22. The van der Waals surface area contributed by atoms with E-state index in [0.29, 0.717) is 5.15 Å². The fourth-order valence-electron chi connectivity index (χ4n) is 1.97. The summed E-state index contributed by atoms with van der Waals surface area (Å²) in [5.41, 5.74) is 0.894. The molecule has 92 valence electrons. The number of hydrogen-bond acceptors (Lipinski definition) is 4. The first-order valence-electron chi connectivity index (χ1n) is 5.57. The van der Waals surface area contributed by atoms with Crippen molar-refractivity contribution in [3.05, 3.63) is 17.0 Å². The second kappa shape index (κ2) is 4.87. The molecule has 1 aromatic rings. The number of nitrogens with zero attached hydrogens (tertiary/aromatic N) is 4. The van der Waals surface area contributed by atoms with Gasteiger partial charge in [0.15, 0.2) is 0 Å². The molecule has 0 unspecified atom stereocenters. The van der Waals surface area contributed by atoms with Crippen molar-refractivity contribution in [2.75, 3.05) is 31.1 Å². The quantitative estimate of drug-likeness (QED) is 0.705. The van der Waals surface area contributed by atoms with Gasteiger partial charge in [0.2, 0.25) is 5.91 Å². The minimum absolute atomic E-state index is 0.127. The summed E-state index contributed by atoms with van der Waals surface area (Å²) < 4.78 is 0. The van der Waals surface area contributed by atoms with Gasteiger partial charge in [0.05, 0.1) is 0 Å². The number of anilines is 1. The van der Waals surface area contributed by atoms with Crippen LogP contribution in [-0.2, 0) is 4.79 Å². The zero-order chi connectivity index (χ0) is 12.4. The molecule has 2 heterocycles. The number of aromatic nitrogens is 2. The van der Waals surface area contributed by atoms with Gasteiger partial charge in [0, 0.05) is 38.7 Å². The summed E-state index contributed by atoms with van der Waals surface area (Å²) >= 11 is 5.97. The van der Waals surface area contributed by atoms with Gasteiger partial charge < -0.3 is 9.80 Å². The molecule has 2 rings (SSSR count). The number of amides is 1. The van der Waals surface area contributed by atoms with Crippen LogP contribution in [0.25, 0.3) is 0 Å². The lowest BCUT2D eigenvalue weighted by molar-refractivity contribution is -0.129. The molecule has 5 nitrogen and oxygen atoms in total. The largest absolute Gasteiger partial charge is 0.353 e. The van der Waals surface area contributed by atoms with Gasteiger partial charge >= 0.3 is 0 Å². The third-order valence-corrected chi connectivity index (χ3v) is 3.40. The maximum atomic E-state index is 11.2. The highest BCUT2D eigenvalue weighted by atomic mass is 35.5. The zero-order valence-corrected chi connectivity index (χ0v) is 10.7. The fourth-order valence-corrected chi connectivity index (χ4v) is 2.10. The van der Waals surface area contributed by atoms with E-state index in [0.717, 1.165) is 37.6 Å². The first-order valence-corrected chi connectivity index (χ1v) is 5.95. The average Bonchev–Trinajstić information content (AvgIpc) is 2.33. The highest BCUT2D eigenvalue weighted by Gasteiger charge is 2.21. The van der Waals surface area contributed by atoms with E-state index in [1.54, 1.807) is 6.92 Å². The van der Waals surface area contributed by atoms with Gasteiger partial charge in [-0.1, -0.05) is 11.6 Å². The molecule has 0 aliphatic carbocycles. The Balaban J connectivity index is 2.10. The summed E-state index contributed by atoms with van der Waals surface area (Å²) in [5, 5.41) is 0.490. The van der Waals surface area contributed by atoms with Crippen LogP contribution in [0.1, 0.15) is 12.5 Å². The Bertz CT molecular complexity index is 429. The molecule has 1 aliphatic heterocycles. The molecule has 0 radical (unpaired) electrons. The van der Waals surface area contributed by atoms with Crippen molar-refractivity contribution in [3.63, 3.8) is 0 Å². The van der Waals surface area contributed by atoms with Crippen LogP contribution in [-0.4, -0.2) is 47.0 Å². The highest BCUT2D eigenvalue weighted by molar-refractivity contribution is 6.30. The summed E-state index contributed by atoms with van der Waals surface area (Å²) in [6.07, 6.45) is 1.47. The lowest BCUT2D eigenvalue weighted by atomic mass is 10.2. The molecule has 1 amide bonds. The first kappa shape index (κ1) is 12.1. The number of rotatable bonds is 1. The number of piperazine rings is 1. The van der Waals surface area contributed by atoms with Gasteiger partial charge in [0.25, 0.3) is 0 Å². The van der Waals surface area contributed by atoms with E-state index >= 15 is 0 Å². The van der Waals surface area contributed by atoms with Gasteiger partial charge in [-0.25, -0.2) is 9.97 Å². The van der Waals surface area contributed by atoms with E-state index in [-0.39, 0.29) is 5.91 Å². The predicted octanol–water partition coefficient (Wildman–Crippen LogP) is 1.11.